The maximum Gasteiger partial charge on any atom is 0.207 e. The number of rotatable bonds is 4. The number of carbonyl (C=O) groups is 1. The van der Waals surface area contributed by atoms with E-state index in [4.69, 9.17) is 5.53 Å². The largest absolute Gasteiger partial charge is 0.358 e. The summed E-state index contributed by atoms with van der Waals surface area (Å²) in [6, 6.07) is -0.166. The molecule has 9 heavy (non-hydrogen) atoms. The van der Waals surface area contributed by atoms with Gasteiger partial charge in [0.2, 0.25) is 6.41 Å². The Morgan fingerprint density at radius 1 is 2.00 bits per heavy atom. The molecule has 5 nitrogen and oxygen atoms in total. The molecular formula is C4H8N4O. The molecule has 0 aromatic heterocycles. The monoisotopic (exact) mass is 128 g/mol. The highest BCUT2D eigenvalue weighted by molar-refractivity contribution is 5.45. The SMILES string of the molecule is CC(CNC=O)N=[N+]=[N-]. The van der Waals surface area contributed by atoms with Crippen LogP contribution in [0, 0.1) is 0 Å². The minimum Gasteiger partial charge on any atom is -0.358 e. The van der Waals surface area contributed by atoms with E-state index in [1.807, 2.05) is 0 Å². The summed E-state index contributed by atoms with van der Waals surface area (Å²) in [5, 5.41) is 5.71. The number of nitrogens with zero attached hydrogens (tertiary/aromatic N) is 3. The Morgan fingerprint density at radius 2 is 2.67 bits per heavy atom. The third-order valence-corrected chi connectivity index (χ3v) is 0.745. The van der Waals surface area contributed by atoms with Crippen LogP contribution in [0.15, 0.2) is 5.11 Å². The third kappa shape index (κ3) is 4.64. The van der Waals surface area contributed by atoms with Crippen molar-refractivity contribution in [1.29, 1.82) is 0 Å². The van der Waals surface area contributed by atoms with E-state index in [1.54, 1.807) is 6.92 Å². The molecule has 50 valence electrons. The lowest BCUT2D eigenvalue weighted by Gasteiger charge is -1.99. The Hall–Kier alpha value is -1.22. The van der Waals surface area contributed by atoms with E-state index >= 15 is 0 Å². The second kappa shape index (κ2) is 4.93. The number of hydrogen-bond donors (Lipinski definition) is 1. The molecule has 1 unspecified atom stereocenters. The topological polar surface area (TPSA) is 77.9 Å². The van der Waals surface area contributed by atoms with Crippen molar-refractivity contribution in [3.63, 3.8) is 0 Å². The molecule has 0 aliphatic carbocycles. The predicted molar refractivity (Wildman–Crippen MR) is 32.7 cm³/mol. The summed E-state index contributed by atoms with van der Waals surface area (Å²) in [5.74, 6) is 0. The van der Waals surface area contributed by atoms with Crippen LogP contribution in [0.25, 0.3) is 10.4 Å². The van der Waals surface area contributed by atoms with Crippen molar-refractivity contribution in [3.8, 4) is 0 Å². The molecule has 1 atom stereocenters. The lowest BCUT2D eigenvalue weighted by molar-refractivity contribution is -0.109. The highest BCUT2D eigenvalue weighted by atomic mass is 16.1. The number of carbonyl (C=O) groups excluding carboxylic acids is 1. The summed E-state index contributed by atoms with van der Waals surface area (Å²) in [6.45, 7) is 2.11. The van der Waals surface area contributed by atoms with Gasteiger partial charge in [0, 0.05) is 11.5 Å². The molecule has 0 radical (unpaired) electrons. The molecule has 0 aromatic rings. The van der Waals surface area contributed by atoms with Gasteiger partial charge in [0.05, 0.1) is 6.04 Å². The van der Waals surface area contributed by atoms with Gasteiger partial charge in [0.15, 0.2) is 0 Å². The molecule has 0 bridgehead atoms. The van der Waals surface area contributed by atoms with Gasteiger partial charge in [-0.25, -0.2) is 0 Å². The zero-order chi connectivity index (χ0) is 7.11. The fourth-order valence-corrected chi connectivity index (χ4v) is 0.348. The molecule has 0 aliphatic heterocycles. The first kappa shape index (κ1) is 7.78. The summed E-state index contributed by atoms with van der Waals surface area (Å²) in [5.41, 5.74) is 7.88. The third-order valence-electron chi connectivity index (χ3n) is 0.745. The second-order valence-electron chi connectivity index (χ2n) is 1.58. The number of hydrogen-bond acceptors (Lipinski definition) is 2. The molecule has 1 amide bonds. The summed E-state index contributed by atoms with van der Waals surface area (Å²) in [4.78, 5) is 12.2. The van der Waals surface area contributed by atoms with Gasteiger partial charge in [-0.3, -0.25) is 4.79 Å². The average Bonchev–Trinajstić information content (AvgIpc) is 1.85. The van der Waals surface area contributed by atoms with Gasteiger partial charge < -0.3 is 5.32 Å². The van der Waals surface area contributed by atoms with Crippen LogP contribution in [-0.4, -0.2) is 19.0 Å². The molecule has 0 spiro atoms. The van der Waals surface area contributed by atoms with Crippen LogP contribution in [0.4, 0.5) is 0 Å². The van der Waals surface area contributed by atoms with Gasteiger partial charge in [-0.05, 0) is 5.53 Å². The first-order valence-electron chi connectivity index (χ1n) is 2.52. The van der Waals surface area contributed by atoms with E-state index in [-0.39, 0.29) is 6.04 Å². The summed E-state index contributed by atoms with van der Waals surface area (Å²) in [7, 11) is 0. The van der Waals surface area contributed by atoms with Crippen LogP contribution in [0.2, 0.25) is 0 Å². The van der Waals surface area contributed by atoms with Crippen molar-refractivity contribution < 1.29 is 4.79 Å². The van der Waals surface area contributed by atoms with Crippen LogP contribution in [0.1, 0.15) is 6.92 Å². The highest BCUT2D eigenvalue weighted by Crippen LogP contribution is 1.84. The highest BCUT2D eigenvalue weighted by Gasteiger charge is 1.93. The zero-order valence-electron chi connectivity index (χ0n) is 5.11. The zero-order valence-corrected chi connectivity index (χ0v) is 5.11. The van der Waals surface area contributed by atoms with E-state index in [1.165, 1.54) is 0 Å². The van der Waals surface area contributed by atoms with E-state index < -0.39 is 0 Å². The lowest BCUT2D eigenvalue weighted by Crippen LogP contribution is -2.21. The van der Waals surface area contributed by atoms with Crippen molar-refractivity contribution in [2.24, 2.45) is 5.11 Å². The quantitative estimate of drug-likeness (QED) is 0.253. The first-order chi connectivity index (χ1) is 4.31. The molecule has 0 rings (SSSR count). The van der Waals surface area contributed by atoms with Gasteiger partial charge in [-0.1, -0.05) is 12.0 Å². The summed E-state index contributed by atoms with van der Waals surface area (Å²) >= 11 is 0. The smallest absolute Gasteiger partial charge is 0.207 e. The second-order valence-corrected chi connectivity index (χ2v) is 1.58. The van der Waals surface area contributed by atoms with Gasteiger partial charge in [0.25, 0.3) is 0 Å². The normalized spacial score (nSPS) is 11.2. The number of nitrogens with one attached hydrogen (secondary N) is 1. The molecular weight excluding hydrogens is 120 g/mol. The number of azide groups is 1. The van der Waals surface area contributed by atoms with E-state index in [9.17, 15) is 4.79 Å². The minimum atomic E-state index is -0.166. The van der Waals surface area contributed by atoms with E-state index in [0.717, 1.165) is 0 Å². The van der Waals surface area contributed by atoms with Crippen LogP contribution in [0.5, 0.6) is 0 Å². The standard InChI is InChI=1S/C4H8N4O/c1-4(7-8-5)2-6-3-9/h3-4H,2H2,1H3,(H,6,9). The minimum absolute atomic E-state index is 0.166. The van der Waals surface area contributed by atoms with Crippen LogP contribution in [0.3, 0.4) is 0 Å². The lowest BCUT2D eigenvalue weighted by atomic mass is 10.4. The van der Waals surface area contributed by atoms with E-state index in [2.05, 4.69) is 15.3 Å². The van der Waals surface area contributed by atoms with Crippen LogP contribution in [-0.2, 0) is 4.79 Å². The van der Waals surface area contributed by atoms with Crippen LogP contribution >= 0.6 is 0 Å². The summed E-state index contributed by atoms with van der Waals surface area (Å²) < 4.78 is 0. The Morgan fingerprint density at radius 3 is 3.11 bits per heavy atom. The van der Waals surface area contributed by atoms with Gasteiger partial charge in [-0.15, -0.1) is 0 Å². The Bertz CT molecular complexity index is 129. The molecule has 0 aliphatic rings. The Labute approximate surface area is 52.7 Å². The van der Waals surface area contributed by atoms with E-state index in [0.29, 0.717) is 13.0 Å². The Balaban J connectivity index is 3.37. The van der Waals surface area contributed by atoms with Gasteiger partial charge >= 0.3 is 0 Å². The fraction of sp³-hybridized carbons (Fsp3) is 0.750. The maximum absolute atomic E-state index is 9.67. The molecule has 0 aromatic carbocycles. The van der Waals surface area contributed by atoms with Crippen molar-refractivity contribution in [2.45, 2.75) is 13.0 Å². The molecule has 0 heterocycles. The van der Waals surface area contributed by atoms with Gasteiger partial charge in [-0.2, -0.15) is 0 Å². The maximum atomic E-state index is 9.67. The average molecular weight is 128 g/mol. The molecule has 0 fully saturated rings. The predicted octanol–water partition coefficient (Wildman–Crippen LogP) is 0.431. The van der Waals surface area contributed by atoms with Crippen molar-refractivity contribution in [2.75, 3.05) is 6.54 Å². The van der Waals surface area contributed by atoms with Crippen molar-refractivity contribution in [1.82, 2.24) is 5.32 Å². The fourth-order valence-electron chi connectivity index (χ4n) is 0.348. The van der Waals surface area contributed by atoms with Crippen molar-refractivity contribution in [3.05, 3.63) is 10.4 Å². The molecule has 5 heteroatoms. The molecule has 0 saturated heterocycles. The Kier molecular flexibility index (Phi) is 4.26. The van der Waals surface area contributed by atoms with Gasteiger partial charge in [0.1, 0.15) is 0 Å². The number of amides is 1. The van der Waals surface area contributed by atoms with Crippen molar-refractivity contribution >= 4 is 6.41 Å². The molecule has 1 N–H and O–H groups in total. The summed E-state index contributed by atoms with van der Waals surface area (Å²) in [6.07, 6.45) is 0.573. The molecule has 0 saturated carbocycles. The first-order valence-corrected chi connectivity index (χ1v) is 2.52. The van der Waals surface area contributed by atoms with Crippen LogP contribution < -0.4 is 5.32 Å².